The Morgan fingerprint density at radius 2 is 1.62 bits per heavy atom. The average Bonchev–Trinajstić information content (AvgIpc) is 2.30. The molecule has 0 fully saturated rings. The minimum absolute atomic E-state index is 1.24. The van der Waals surface area contributed by atoms with Crippen molar-refractivity contribution in [2.24, 2.45) is 0 Å². The van der Waals surface area contributed by atoms with E-state index >= 15 is 0 Å². The molecule has 0 saturated carbocycles. The van der Waals surface area contributed by atoms with E-state index in [1.54, 1.807) is 0 Å². The van der Waals surface area contributed by atoms with Crippen molar-refractivity contribution in [3.05, 3.63) is 63.7 Å². The summed E-state index contributed by atoms with van der Waals surface area (Å²) in [5.74, 6) is 0. The fourth-order valence-corrected chi connectivity index (χ4v) is 2.13. The quantitative estimate of drug-likeness (QED) is 0.678. The predicted molar refractivity (Wildman–Crippen MR) is 79.7 cm³/mol. The Bertz CT molecular complexity index is 512. The molecule has 0 unspecified atom stereocenters. The summed E-state index contributed by atoms with van der Waals surface area (Å²) < 4.78 is 2.03. The second kappa shape index (κ2) is 5.30. The van der Waals surface area contributed by atoms with Gasteiger partial charge in [0.25, 0.3) is 0 Å². The first-order valence-corrected chi connectivity index (χ1v) is 6.48. The van der Waals surface area contributed by atoms with E-state index in [1.165, 1.54) is 22.3 Å². The van der Waals surface area contributed by atoms with Crippen LogP contribution in [-0.2, 0) is 0 Å². The Morgan fingerprint density at radius 1 is 0.938 bits per heavy atom. The van der Waals surface area contributed by atoms with Gasteiger partial charge in [0.2, 0.25) is 0 Å². The Balaban J connectivity index is 2.44. The van der Waals surface area contributed by atoms with Gasteiger partial charge in [-0.1, -0.05) is 70.6 Å². The highest BCUT2D eigenvalue weighted by Crippen LogP contribution is 2.22. The maximum atomic E-state index is 2.24. The molecule has 0 aliphatic rings. The molecule has 0 spiro atoms. The zero-order chi connectivity index (χ0) is 11.4. The summed E-state index contributed by atoms with van der Waals surface area (Å²) in [5, 5.41) is 0. The van der Waals surface area contributed by atoms with Crippen molar-refractivity contribution in [2.45, 2.75) is 6.92 Å². The molecule has 2 rings (SSSR count). The lowest BCUT2D eigenvalue weighted by Gasteiger charge is -2.04. The highest BCUT2D eigenvalue weighted by Gasteiger charge is 1.97. The van der Waals surface area contributed by atoms with Crippen LogP contribution in [0.5, 0.6) is 0 Å². The lowest BCUT2D eigenvalue weighted by Crippen LogP contribution is -1.80. The number of rotatable bonds is 2. The van der Waals surface area contributed by atoms with Crippen LogP contribution in [0.25, 0.3) is 17.2 Å². The van der Waals surface area contributed by atoms with Crippen LogP contribution in [0.1, 0.15) is 11.1 Å². The first-order chi connectivity index (χ1) is 7.79. The van der Waals surface area contributed by atoms with E-state index in [4.69, 9.17) is 0 Å². The van der Waals surface area contributed by atoms with Gasteiger partial charge < -0.3 is 0 Å². The molecule has 0 aliphatic heterocycles. The molecule has 2 aromatic carbocycles. The monoisotopic (exact) mass is 320 g/mol. The number of aryl methyl sites for hydroxylation is 1. The number of halogens is 1. The summed E-state index contributed by atoms with van der Waals surface area (Å²) in [6.07, 6.45) is 2.11. The van der Waals surface area contributed by atoms with Crippen LogP contribution in [0.3, 0.4) is 0 Å². The number of benzene rings is 2. The predicted octanol–water partition coefficient (Wildman–Crippen LogP) is 5.07. The minimum atomic E-state index is 1.24. The summed E-state index contributed by atoms with van der Waals surface area (Å²) in [5.41, 5.74) is 5.10. The van der Waals surface area contributed by atoms with Crippen LogP contribution < -0.4 is 0 Å². The van der Waals surface area contributed by atoms with Crippen LogP contribution in [-0.4, -0.2) is 0 Å². The minimum Gasteiger partial charge on any atom is -0.0614 e. The summed E-state index contributed by atoms with van der Waals surface area (Å²) in [6, 6.07) is 17.2. The maximum Gasteiger partial charge on any atom is -0.0178 e. The third kappa shape index (κ3) is 2.73. The second-order valence-corrected chi connectivity index (χ2v) is 4.51. The summed E-state index contributed by atoms with van der Waals surface area (Å²) in [6.45, 7) is 2.12. The Morgan fingerprint density at radius 3 is 2.31 bits per heavy atom. The van der Waals surface area contributed by atoms with Crippen LogP contribution >= 0.6 is 22.6 Å². The molecule has 0 N–H and O–H groups in total. The van der Waals surface area contributed by atoms with E-state index in [2.05, 4.69) is 84.1 Å². The van der Waals surface area contributed by atoms with Crippen molar-refractivity contribution in [1.82, 2.24) is 0 Å². The van der Waals surface area contributed by atoms with Crippen LogP contribution in [0.15, 0.2) is 52.6 Å². The van der Waals surface area contributed by atoms with E-state index < -0.39 is 0 Å². The summed E-state index contributed by atoms with van der Waals surface area (Å²) in [4.78, 5) is 0. The van der Waals surface area contributed by atoms with Gasteiger partial charge in [-0.2, -0.15) is 0 Å². The molecular formula is C15H13I. The topological polar surface area (TPSA) is 0 Å². The molecule has 0 aromatic heterocycles. The molecule has 0 nitrogen and oxygen atoms in total. The van der Waals surface area contributed by atoms with Crippen molar-refractivity contribution in [3.63, 3.8) is 0 Å². The number of hydrogen-bond donors (Lipinski definition) is 0. The van der Waals surface area contributed by atoms with Crippen molar-refractivity contribution in [1.29, 1.82) is 0 Å². The molecule has 0 aliphatic carbocycles. The molecule has 0 bridgehead atoms. The van der Waals surface area contributed by atoms with E-state index in [0.717, 1.165) is 0 Å². The molecule has 1 heteroatoms. The van der Waals surface area contributed by atoms with E-state index in [1.807, 2.05) is 4.08 Å². The van der Waals surface area contributed by atoms with Gasteiger partial charge in [-0.05, 0) is 39.8 Å². The fraction of sp³-hybridized carbons (Fsp3) is 0.0667. The first kappa shape index (κ1) is 11.4. The molecule has 0 saturated heterocycles. The highest BCUT2D eigenvalue weighted by atomic mass is 127. The number of hydrogen-bond acceptors (Lipinski definition) is 0. The Kier molecular flexibility index (Phi) is 3.78. The smallest absolute Gasteiger partial charge is 0.0178 e. The van der Waals surface area contributed by atoms with Gasteiger partial charge in [0.15, 0.2) is 0 Å². The molecule has 0 atom stereocenters. The van der Waals surface area contributed by atoms with Gasteiger partial charge in [-0.25, -0.2) is 0 Å². The van der Waals surface area contributed by atoms with Crippen LogP contribution in [0, 0.1) is 6.92 Å². The van der Waals surface area contributed by atoms with Crippen LogP contribution in [0.4, 0.5) is 0 Å². The standard InChI is InChI=1S/C15H13I/c1-12-4-2-6-14(10-12)15-7-3-5-13(11-15)8-9-16/h2-11H,1H3. The van der Waals surface area contributed by atoms with Gasteiger partial charge in [0.1, 0.15) is 0 Å². The van der Waals surface area contributed by atoms with Crippen LogP contribution in [0.2, 0.25) is 0 Å². The lowest BCUT2D eigenvalue weighted by molar-refractivity contribution is 1.46. The molecule has 2 aromatic rings. The van der Waals surface area contributed by atoms with Crippen molar-refractivity contribution in [2.75, 3.05) is 0 Å². The SMILES string of the molecule is Cc1cccc(-c2cccc(C=CI)c2)c1. The fourth-order valence-electron chi connectivity index (χ4n) is 1.72. The van der Waals surface area contributed by atoms with Gasteiger partial charge in [0, 0.05) is 0 Å². The van der Waals surface area contributed by atoms with E-state index in [-0.39, 0.29) is 0 Å². The molecule has 16 heavy (non-hydrogen) atoms. The van der Waals surface area contributed by atoms with Crippen molar-refractivity contribution in [3.8, 4) is 11.1 Å². The molecule has 80 valence electrons. The molecule has 0 heterocycles. The highest BCUT2D eigenvalue weighted by molar-refractivity contribution is 14.1. The zero-order valence-corrected chi connectivity index (χ0v) is 11.3. The molecule has 0 radical (unpaired) electrons. The summed E-state index contributed by atoms with van der Waals surface area (Å²) in [7, 11) is 0. The zero-order valence-electron chi connectivity index (χ0n) is 9.15. The largest absolute Gasteiger partial charge is 0.0614 e. The Hall–Kier alpha value is -1.09. The van der Waals surface area contributed by atoms with Crippen molar-refractivity contribution >= 4 is 28.7 Å². The van der Waals surface area contributed by atoms with Gasteiger partial charge >= 0.3 is 0 Å². The third-order valence-corrected chi connectivity index (χ3v) is 2.85. The molecular weight excluding hydrogens is 307 g/mol. The molecule has 0 amide bonds. The van der Waals surface area contributed by atoms with E-state index in [0.29, 0.717) is 0 Å². The summed E-state index contributed by atoms with van der Waals surface area (Å²) >= 11 is 2.24. The lowest BCUT2D eigenvalue weighted by atomic mass is 10.0. The second-order valence-electron chi connectivity index (χ2n) is 3.79. The average molecular weight is 320 g/mol. The maximum absolute atomic E-state index is 2.24. The van der Waals surface area contributed by atoms with Gasteiger partial charge in [0.05, 0.1) is 0 Å². The van der Waals surface area contributed by atoms with Crippen molar-refractivity contribution < 1.29 is 0 Å². The van der Waals surface area contributed by atoms with E-state index in [9.17, 15) is 0 Å². The van der Waals surface area contributed by atoms with Gasteiger partial charge in [-0.3, -0.25) is 0 Å². The first-order valence-electron chi connectivity index (χ1n) is 5.23. The normalized spacial score (nSPS) is 10.9. The van der Waals surface area contributed by atoms with Gasteiger partial charge in [-0.15, -0.1) is 0 Å². The third-order valence-electron chi connectivity index (χ3n) is 2.49. The Labute approximate surface area is 110 Å².